The SMILES string of the molecule is CC(C)N[C@H](CC(=O)OC(C)(C)C)[C@H]1OC(C)(C)O[C@H]1CO[Si](C)(C)C(C)(C)C. The molecule has 0 radical (unpaired) electrons. The maximum Gasteiger partial charge on any atom is 0.307 e. The van der Waals surface area contributed by atoms with E-state index >= 15 is 0 Å². The predicted molar refractivity (Wildman–Crippen MR) is 119 cm³/mol. The molecule has 0 aromatic rings. The van der Waals surface area contributed by atoms with Crippen LogP contribution in [-0.2, 0) is 23.4 Å². The minimum atomic E-state index is -1.93. The summed E-state index contributed by atoms with van der Waals surface area (Å²) in [5.74, 6) is -0.968. The normalized spacial score (nSPS) is 24.0. The Labute approximate surface area is 179 Å². The highest BCUT2D eigenvalue weighted by Gasteiger charge is 2.47. The molecule has 0 saturated carbocycles. The van der Waals surface area contributed by atoms with Gasteiger partial charge in [0.05, 0.1) is 13.0 Å². The lowest BCUT2D eigenvalue weighted by Crippen LogP contribution is -2.51. The summed E-state index contributed by atoms with van der Waals surface area (Å²) < 4.78 is 24.4. The van der Waals surface area contributed by atoms with Gasteiger partial charge < -0.3 is 24.0 Å². The van der Waals surface area contributed by atoms with Gasteiger partial charge in [-0.3, -0.25) is 4.79 Å². The number of rotatable bonds is 8. The van der Waals surface area contributed by atoms with Gasteiger partial charge in [-0.25, -0.2) is 0 Å². The Morgan fingerprint density at radius 2 is 1.66 bits per heavy atom. The van der Waals surface area contributed by atoms with Crippen LogP contribution < -0.4 is 5.32 Å². The largest absolute Gasteiger partial charge is 0.460 e. The Kier molecular flexibility index (Phi) is 8.56. The highest BCUT2D eigenvalue weighted by atomic mass is 28.4. The second-order valence-corrected chi connectivity index (χ2v) is 16.2. The fraction of sp³-hybridized carbons (Fsp3) is 0.955. The van der Waals surface area contributed by atoms with Gasteiger partial charge in [0, 0.05) is 12.1 Å². The number of hydrogen-bond acceptors (Lipinski definition) is 6. The standard InChI is InChI=1S/C22H45NO5Si/c1-15(2)23-16(13-18(24)27-20(3,4)5)19-17(26-22(9,10)28-19)14-25-29(11,12)21(6,7)8/h15-17,19,23H,13-14H2,1-12H3/t16-,17+,19-/m1/s1. The molecule has 1 saturated heterocycles. The topological polar surface area (TPSA) is 66.0 Å². The van der Waals surface area contributed by atoms with E-state index in [9.17, 15) is 4.79 Å². The lowest BCUT2D eigenvalue weighted by molar-refractivity contribution is -0.160. The van der Waals surface area contributed by atoms with Crippen LogP contribution in [0.5, 0.6) is 0 Å². The summed E-state index contributed by atoms with van der Waals surface area (Å²) in [5, 5.41) is 3.60. The van der Waals surface area contributed by atoms with Gasteiger partial charge in [0.25, 0.3) is 0 Å². The molecule has 6 nitrogen and oxygen atoms in total. The molecule has 0 unspecified atom stereocenters. The Morgan fingerprint density at radius 3 is 2.10 bits per heavy atom. The van der Waals surface area contributed by atoms with Crippen molar-refractivity contribution in [2.24, 2.45) is 0 Å². The average Bonchev–Trinajstić information content (AvgIpc) is 2.76. The van der Waals surface area contributed by atoms with E-state index in [-0.39, 0.29) is 41.7 Å². The molecule has 3 atom stereocenters. The lowest BCUT2D eigenvalue weighted by Gasteiger charge is -2.37. The third kappa shape index (κ3) is 8.65. The predicted octanol–water partition coefficient (Wildman–Crippen LogP) is 4.63. The van der Waals surface area contributed by atoms with Crippen LogP contribution >= 0.6 is 0 Å². The van der Waals surface area contributed by atoms with Crippen molar-refractivity contribution in [3.63, 3.8) is 0 Å². The van der Waals surface area contributed by atoms with E-state index in [0.29, 0.717) is 6.61 Å². The molecular formula is C22H45NO5Si. The van der Waals surface area contributed by atoms with Gasteiger partial charge in [-0.05, 0) is 52.8 Å². The minimum Gasteiger partial charge on any atom is -0.460 e. The van der Waals surface area contributed by atoms with Crippen LogP contribution in [0.4, 0.5) is 0 Å². The van der Waals surface area contributed by atoms with Gasteiger partial charge in [0.1, 0.15) is 17.8 Å². The summed E-state index contributed by atoms with van der Waals surface area (Å²) in [5.41, 5.74) is -0.517. The summed E-state index contributed by atoms with van der Waals surface area (Å²) in [6.45, 7) is 25.1. The second-order valence-electron chi connectivity index (χ2n) is 11.4. The summed E-state index contributed by atoms with van der Waals surface area (Å²) in [6.07, 6.45) is -0.335. The van der Waals surface area contributed by atoms with Crippen LogP contribution in [0.1, 0.15) is 75.7 Å². The highest BCUT2D eigenvalue weighted by Crippen LogP contribution is 2.38. The van der Waals surface area contributed by atoms with Gasteiger partial charge in [-0.2, -0.15) is 0 Å². The van der Waals surface area contributed by atoms with E-state index in [1.807, 2.05) is 34.6 Å². The van der Waals surface area contributed by atoms with Crippen molar-refractivity contribution in [1.82, 2.24) is 5.32 Å². The lowest BCUT2D eigenvalue weighted by atomic mass is 10.0. The Hall–Kier alpha value is -0.473. The van der Waals surface area contributed by atoms with Crippen molar-refractivity contribution >= 4 is 14.3 Å². The molecule has 0 bridgehead atoms. The van der Waals surface area contributed by atoms with Crippen molar-refractivity contribution in [1.29, 1.82) is 0 Å². The summed E-state index contributed by atoms with van der Waals surface area (Å²) in [7, 11) is -1.93. The first-order chi connectivity index (χ1) is 12.8. The first-order valence-electron chi connectivity index (χ1n) is 10.8. The Bertz CT molecular complexity index is 548. The molecular weight excluding hydrogens is 386 g/mol. The molecule has 1 rings (SSSR count). The average molecular weight is 432 g/mol. The summed E-state index contributed by atoms with van der Waals surface area (Å²) in [4.78, 5) is 12.5. The zero-order chi connectivity index (χ0) is 22.8. The minimum absolute atomic E-state index is 0.115. The second kappa shape index (κ2) is 9.35. The van der Waals surface area contributed by atoms with Crippen molar-refractivity contribution in [2.75, 3.05) is 6.61 Å². The smallest absolute Gasteiger partial charge is 0.307 e. The quantitative estimate of drug-likeness (QED) is 0.446. The molecule has 0 aromatic carbocycles. The van der Waals surface area contributed by atoms with Crippen LogP contribution in [0, 0.1) is 0 Å². The fourth-order valence-corrected chi connectivity index (χ4v) is 4.11. The zero-order valence-electron chi connectivity index (χ0n) is 20.8. The molecule has 0 aromatic heterocycles. The highest BCUT2D eigenvalue weighted by molar-refractivity contribution is 6.74. The molecule has 1 N–H and O–H groups in total. The van der Waals surface area contributed by atoms with Crippen LogP contribution in [0.25, 0.3) is 0 Å². The van der Waals surface area contributed by atoms with Gasteiger partial charge in [-0.1, -0.05) is 34.6 Å². The number of carbonyl (C=O) groups is 1. The third-order valence-electron chi connectivity index (χ3n) is 5.39. The number of nitrogens with one attached hydrogen (secondary N) is 1. The van der Waals surface area contributed by atoms with Crippen molar-refractivity contribution < 1.29 is 23.4 Å². The van der Waals surface area contributed by atoms with Gasteiger partial charge >= 0.3 is 5.97 Å². The van der Waals surface area contributed by atoms with Crippen LogP contribution in [-0.4, -0.2) is 56.6 Å². The van der Waals surface area contributed by atoms with Gasteiger partial charge in [-0.15, -0.1) is 0 Å². The van der Waals surface area contributed by atoms with Crippen molar-refractivity contribution in [3.05, 3.63) is 0 Å². The molecule has 1 aliphatic rings. The van der Waals surface area contributed by atoms with Crippen LogP contribution in [0.3, 0.4) is 0 Å². The van der Waals surface area contributed by atoms with Crippen LogP contribution in [0.15, 0.2) is 0 Å². The van der Waals surface area contributed by atoms with E-state index in [1.165, 1.54) is 0 Å². The number of ether oxygens (including phenoxy) is 3. The van der Waals surface area contributed by atoms with Gasteiger partial charge in [0.15, 0.2) is 14.1 Å². The molecule has 0 amide bonds. The Morgan fingerprint density at radius 1 is 1.10 bits per heavy atom. The maximum absolute atomic E-state index is 12.5. The number of carbonyl (C=O) groups excluding carboxylic acids is 1. The first-order valence-corrected chi connectivity index (χ1v) is 13.7. The maximum atomic E-state index is 12.5. The molecule has 1 fully saturated rings. The molecule has 0 aliphatic carbocycles. The molecule has 7 heteroatoms. The van der Waals surface area contributed by atoms with E-state index in [1.54, 1.807) is 0 Å². The molecule has 1 aliphatic heterocycles. The fourth-order valence-electron chi connectivity index (χ4n) is 3.10. The van der Waals surface area contributed by atoms with E-state index in [0.717, 1.165) is 0 Å². The van der Waals surface area contributed by atoms with Crippen molar-refractivity contribution in [2.45, 2.75) is 129 Å². The monoisotopic (exact) mass is 431 g/mol. The third-order valence-corrected chi connectivity index (χ3v) is 9.89. The van der Waals surface area contributed by atoms with Gasteiger partial charge in [0.2, 0.25) is 0 Å². The molecule has 29 heavy (non-hydrogen) atoms. The molecule has 172 valence electrons. The summed E-state index contributed by atoms with van der Waals surface area (Å²) in [6, 6.07) is -0.0312. The van der Waals surface area contributed by atoms with Crippen LogP contribution in [0.2, 0.25) is 18.1 Å². The zero-order valence-corrected chi connectivity index (χ0v) is 21.8. The number of esters is 1. The number of hydrogen-bond donors (Lipinski definition) is 1. The molecule has 1 heterocycles. The Balaban J connectivity index is 2.99. The first kappa shape index (κ1) is 26.6. The van der Waals surface area contributed by atoms with E-state index in [2.05, 4.69) is 53.0 Å². The van der Waals surface area contributed by atoms with E-state index in [4.69, 9.17) is 18.6 Å². The van der Waals surface area contributed by atoms with E-state index < -0.39 is 19.7 Å². The van der Waals surface area contributed by atoms with Crippen molar-refractivity contribution in [3.8, 4) is 0 Å². The molecule has 0 spiro atoms. The summed E-state index contributed by atoms with van der Waals surface area (Å²) >= 11 is 0.